The highest BCUT2D eigenvalue weighted by Crippen LogP contribution is 2.42. The van der Waals surface area contributed by atoms with E-state index in [1.807, 2.05) is 6.92 Å². The molecule has 1 spiro atoms. The highest BCUT2D eigenvalue weighted by atomic mass is 35.5. The molecule has 1 saturated heterocycles. The Bertz CT molecular complexity index is 1000. The van der Waals surface area contributed by atoms with E-state index < -0.39 is 10.7 Å². The van der Waals surface area contributed by atoms with Gasteiger partial charge in [-0.05, 0) is 50.1 Å². The standard InChI is InChI=1S/C21H27Cl2N5O5/c1-13(11-17-16(22)12-24-20(23)25-17)5-8-31-19-18(28(29)30)14(2)27(26-19)15-3-6-21(7-4-15)32-9-10-33-21/h12-13,15H,3-11H2,1-2H3. The summed E-state index contributed by atoms with van der Waals surface area (Å²) in [6, 6.07) is 0.0445. The molecule has 2 fully saturated rings. The third kappa shape index (κ3) is 5.40. The second-order valence-electron chi connectivity index (χ2n) is 8.66. The topological polar surface area (TPSA) is 114 Å². The average molecular weight is 500 g/mol. The maximum absolute atomic E-state index is 11.7. The van der Waals surface area contributed by atoms with Crippen molar-refractivity contribution >= 4 is 28.9 Å². The predicted octanol–water partition coefficient (Wildman–Crippen LogP) is 4.70. The molecule has 0 aromatic carbocycles. The van der Waals surface area contributed by atoms with Gasteiger partial charge in [0, 0.05) is 12.8 Å². The predicted molar refractivity (Wildman–Crippen MR) is 121 cm³/mol. The Hall–Kier alpha value is -2.01. The highest BCUT2D eigenvalue weighted by Gasteiger charge is 2.42. The third-order valence-electron chi connectivity index (χ3n) is 6.32. The van der Waals surface area contributed by atoms with Crippen molar-refractivity contribution in [2.45, 2.75) is 64.2 Å². The molecule has 1 aliphatic heterocycles. The zero-order chi connectivity index (χ0) is 23.6. The molecule has 0 N–H and O–H groups in total. The summed E-state index contributed by atoms with van der Waals surface area (Å²) in [4.78, 5) is 19.3. The highest BCUT2D eigenvalue weighted by molar-refractivity contribution is 6.31. The van der Waals surface area contributed by atoms with Crippen molar-refractivity contribution in [1.29, 1.82) is 0 Å². The largest absolute Gasteiger partial charge is 0.472 e. The Morgan fingerprint density at radius 3 is 2.70 bits per heavy atom. The molecule has 180 valence electrons. The average Bonchev–Trinajstić information content (AvgIpc) is 3.36. The minimum absolute atomic E-state index is 0.0445. The van der Waals surface area contributed by atoms with Gasteiger partial charge in [0.2, 0.25) is 5.28 Å². The van der Waals surface area contributed by atoms with Crippen molar-refractivity contribution in [3.63, 3.8) is 0 Å². The number of hydrogen-bond acceptors (Lipinski definition) is 8. The summed E-state index contributed by atoms with van der Waals surface area (Å²) in [7, 11) is 0. The van der Waals surface area contributed by atoms with Gasteiger partial charge in [-0.3, -0.25) is 14.8 Å². The molecule has 33 heavy (non-hydrogen) atoms. The fraction of sp³-hybridized carbons (Fsp3) is 0.667. The smallest absolute Gasteiger partial charge is 0.352 e. The van der Waals surface area contributed by atoms with E-state index in [1.54, 1.807) is 11.6 Å². The molecule has 12 heteroatoms. The number of rotatable bonds is 8. The van der Waals surface area contributed by atoms with Crippen LogP contribution >= 0.6 is 23.2 Å². The molecule has 3 heterocycles. The molecule has 1 atom stereocenters. The first kappa shape index (κ1) is 24.1. The van der Waals surface area contributed by atoms with Gasteiger partial charge in [0.15, 0.2) is 5.79 Å². The Morgan fingerprint density at radius 1 is 1.33 bits per heavy atom. The SMILES string of the molecule is Cc1c([N+](=O)[O-])c(OCCC(C)Cc2nc(Cl)ncc2Cl)nn1C1CCC2(CC1)OCCO2. The van der Waals surface area contributed by atoms with Crippen LogP contribution in [0.1, 0.15) is 56.5 Å². The van der Waals surface area contributed by atoms with Crippen molar-refractivity contribution in [3.8, 4) is 5.88 Å². The van der Waals surface area contributed by atoms with Crippen LogP contribution < -0.4 is 4.74 Å². The first-order valence-electron chi connectivity index (χ1n) is 11.1. The summed E-state index contributed by atoms with van der Waals surface area (Å²) in [6.45, 7) is 5.26. The van der Waals surface area contributed by atoms with E-state index in [4.69, 9.17) is 37.4 Å². The van der Waals surface area contributed by atoms with E-state index in [1.165, 1.54) is 6.20 Å². The third-order valence-corrected chi connectivity index (χ3v) is 6.82. The second-order valence-corrected chi connectivity index (χ2v) is 9.40. The zero-order valence-corrected chi connectivity index (χ0v) is 20.1. The van der Waals surface area contributed by atoms with Gasteiger partial charge in [-0.2, -0.15) is 0 Å². The number of hydrogen-bond donors (Lipinski definition) is 0. The Balaban J connectivity index is 1.38. The summed E-state index contributed by atoms with van der Waals surface area (Å²) in [5, 5.41) is 16.8. The minimum atomic E-state index is -0.490. The Morgan fingerprint density at radius 2 is 2.03 bits per heavy atom. The fourth-order valence-electron chi connectivity index (χ4n) is 4.53. The lowest BCUT2D eigenvalue weighted by Crippen LogP contribution is -2.36. The van der Waals surface area contributed by atoms with Gasteiger partial charge in [0.1, 0.15) is 5.69 Å². The van der Waals surface area contributed by atoms with Crippen LogP contribution in [0.3, 0.4) is 0 Å². The zero-order valence-electron chi connectivity index (χ0n) is 18.6. The second kappa shape index (κ2) is 10.1. The first-order valence-corrected chi connectivity index (χ1v) is 11.8. The van der Waals surface area contributed by atoms with Crippen molar-refractivity contribution in [1.82, 2.24) is 19.7 Å². The lowest BCUT2D eigenvalue weighted by atomic mass is 9.90. The molecule has 2 aromatic rings. The van der Waals surface area contributed by atoms with Crippen LogP contribution in [0.5, 0.6) is 5.88 Å². The monoisotopic (exact) mass is 499 g/mol. The van der Waals surface area contributed by atoms with Gasteiger partial charge in [-0.25, -0.2) is 9.97 Å². The van der Waals surface area contributed by atoms with Crippen LogP contribution in [0.4, 0.5) is 5.69 Å². The van der Waals surface area contributed by atoms with E-state index in [0.717, 1.165) is 25.7 Å². The summed E-state index contributed by atoms with van der Waals surface area (Å²) in [5.74, 6) is -0.270. The quantitative estimate of drug-likeness (QED) is 0.291. The van der Waals surface area contributed by atoms with Gasteiger partial charge < -0.3 is 14.2 Å². The van der Waals surface area contributed by atoms with Gasteiger partial charge >= 0.3 is 11.6 Å². The number of nitrogens with zero attached hydrogens (tertiary/aromatic N) is 5. The summed E-state index contributed by atoms with van der Waals surface area (Å²) in [5.41, 5.74) is 1.09. The van der Waals surface area contributed by atoms with Crippen LogP contribution in [0.2, 0.25) is 10.3 Å². The first-order chi connectivity index (χ1) is 15.8. The number of aromatic nitrogens is 4. The van der Waals surface area contributed by atoms with E-state index in [0.29, 0.717) is 42.5 Å². The summed E-state index contributed by atoms with van der Waals surface area (Å²) >= 11 is 12.0. The van der Waals surface area contributed by atoms with E-state index >= 15 is 0 Å². The summed E-state index contributed by atoms with van der Waals surface area (Å²) < 4.78 is 19.1. The lowest BCUT2D eigenvalue weighted by Gasteiger charge is -2.35. The molecule has 1 aliphatic carbocycles. The van der Waals surface area contributed by atoms with Gasteiger partial charge in [-0.15, -0.1) is 5.10 Å². The number of nitro groups is 1. The van der Waals surface area contributed by atoms with E-state index in [2.05, 4.69) is 15.1 Å². The van der Waals surface area contributed by atoms with Crippen molar-refractivity contribution in [3.05, 3.63) is 38.0 Å². The Labute approximate surface area is 201 Å². The maximum atomic E-state index is 11.7. The van der Waals surface area contributed by atoms with E-state index in [9.17, 15) is 10.1 Å². The normalized spacial score (nSPS) is 19.2. The van der Waals surface area contributed by atoms with Crippen LogP contribution in [0.15, 0.2) is 6.20 Å². The van der Waals surface area contributed by atoms with Gasteiger partial charge in [0.25, 0.3) is 0 Å². The molecule has 0 radical (unpaired) electrons. The molecule has 0 bridgehead atoms. The van der Waals surface area contributed by atoms with Crippen molar-refractivity contribution in [2.75, 3.05) is 19.8 Å². The molecular weight excluding hydrogens is 473 g/mol. The molecular formula is C21H27Cl2N5O5. The van der Waals surface area contributed by atoms with Gasteiger partial charge in [-0.1, -0.05) is 18.5 Å². The molecule has 2 aromatic heterocycles. The summed E-state index contributed by atoms with van der Waals surface area (Å²) in [6.07, 6.45) is 5.75. The molecule has 0 amide bonds. The molecule has 1 unspecified atom stereocenters. The maximum Gasteiger partial charge on any atom is 0.352 e. The van der Waals surface area contributed by atoms with Crippen molar-refractivity contribution < 1.29 is 19.1 Å². The lowest BCUT2D eigenvalue weighted by molar-refractivity contribution is -0.386. The number of ether oxygens (including phenoxy) is 3. The molecule has 4 rings (SSSR count). The number of halogens is 2. The van der Waals surface area contributed by atoms with Crippen molar-refractivity contribution in [2.24, 2.45) is 5.92 Å². The minimum Gasteiger partial charge on any atom is -0.472 e. The van der Waals surface area contributed by atoms with Crippen LogP contribution in [-0.2, 0) is 15.9 Å². The fourth-order valence-corrected chi connectivity index (χ4v) is 4.85. The molecule has 10 nitrogen and oxygen atoms in total. The Kier molecular flexibility index (Phi) is 7.37. The van der Waals surface area contributed by atoms with Crippen LogP contribution in [0, 0.1) is 23.0 Å². The van der Waals surface area contributed by atoms with Crippen LogP contribution in [-0.4, -0.2) is 50.3 Å². The van der Waals surface area contributed by atoms with Crippen LogP contribution in [0.25, 0.3) is 0 Å². The molecule has 2 aliphatic rings. The molecule has 1 saturated carbocycles. The van der Waals surface area contributed by atoms with E-state index in [-0.39, 0.29) is 35.4 Å². The van der Waals surface area contributed by atoms with Gasteiger partial charge in [0.05, 0.1) is 47.7 Å².